The molecule has 0 aromatic heterocycles. The summed E-state index contributed by atoms with van der Waals surface area (Å²) in [5, 5.41) is 3.17. The number of rotatable bonds is 2. The predicted molar refractivity (Wildman–Crippen MR) is 77.7 cm³/mol. The Labute approximate surface area is 118 Å². The van der Waals surface area contributed by atoms with Crippen LogP contribution in [-0.4, -0.2) is 42.4 Å². The molecule has 1 N–H and O–H groups in total. The molecular weight excluding hydrogens is 254 g/mol. The molecule has 0 aliphatic carbocycles. The van der Waals surface area contributed by atoms with Crippen molar-refractivity contribution in [3.63, 3.8) is 0 Å². The summed E-state index contributed by atoms with van der Waals surface area (Å²) in [6.45, 7) is 3.60. The molecule has 0 radical (unpaired) electrons. The maximum atomic E-state index is 12.3. The van der Waals surface area contributed by atoms with E-state index in [0.717, 1.165) is 37.3 Å². The van der Waals surface area contributed by atoms with E-state index < -0.39 is 0 Å². The minimum absolute atomic E-state index is 0.0414. The van der Waals surface area contributed by atoms with Crippen molar-refractivity contribution < 1.29 is 9.59 Å². The Kier molecular flexibility index (Phi) is 3.34. The summed E-state index contributed by atoms with van der Waals surface area (Å²) < 4.78 is 0. The molecule has 1 unspecified atom stereocenters. The van der Waals surface area contributed by atoms with Gasteiger partial charge in [-0.2, -0.15) is 0 Å². The first kappa shape index (κ1) is 13.0. The van der Waals surface area contributed by atoms with Crippen LogP contribution in [0.25, 0.3) is 0 Å². The number of benzene rings is 1. The molecule has 5 heteroatoms. The quantitative estimate of drug-likeness (QED) is 0.887. The molecule has 3 rings (SSSR count). The van der Waals surface area contributed by atoms with Crippen LogP contribution in [0.1, 0.15) is 19.8 Å². The highest BCUT2D eigenvalue weighted by atomic mass is 16.2. The van der Waals surface area contributed by atoms with Crippen LogP contribution >= 0.6 is 0 Å². The number of hydrogen-bond acceptors (Lipinski definition) is 3. The monoisotopic (exact) mass is 273 g/mol. The highest BCUT2D eigenvalue weighted by Crippen LogP contribution is 2.31. The summed E-state index contributed by atoms with van der Waals surface area (Å²) in [6, 6.07) is 7.33. The van der Waals surface area contributed by atoms with E-state index >= 15 is 0 Å². The zero-order valence-corrected chi connectivity index (χ0v) is 11.6. The van der Waals surface area contributed by atoms with Gasteiger partial charge in [0, 0.05) is 13.1 Å². The maximum Gasteiger partial charge on any atom is 0.249 e. The largest absolute Gasteiger partial charge is 0.372 e. The first-order valence-electron chi connectivity index (χ1n) is 7.11. The summed E-state index contributed by atoms with van der Waals surface area (Å²) >= 11 is 0. The number of carbonyl (C=O) groups is 2. The van der Waals surface area contributed by atoms with E-state index in [9.17, 15) is 9.59 Å². The highest BCUT2D eigenvalue weighted by Gasteiger charge is 2.32. The van der Waals surface area contributed by atoms with Gasteiger partial charge < -0.3 is 10.2 Å². The van der Waals surface area contributed by atoms with Crippen LogP contribution in [0.3, 0.4) is 0 Å². The number of hydrogen-bond donors (Lipinski definition) is 1. The number of nitrogens with zero attached hydrogens (tertiary/aromatic N) is 2. The number of nitrogens with one attached hydrogen (secondary N) is 1. The number of likely N-dealkylation sites (tertiary alicyclic amines) is 1. The molecule has 1 aromatic carbocycles. The third kappa shape index (κ3) is 2.24. The zero-order valence-electron chi connectivity index (χ0n) is 11.6. The van der Waals surface area contributed by atoms with Crippen LogP contribution in [0.2, 0.25) is 0 Å². The Morgan fingerprint density at radius 3 is 2.75 bits per heavy atom. The molecule has 2 aliphatic heterocycles. The topological polar surface area (TPSA) is 52.7 Å². The van der Waals surface area contributed by atoms with Crippen LogP contribution in [0.4, 0.5) is 11.4 Å². The third-order valence-electron chi connectivity index (χ3n) is 3.96. The maximum absolute atomic E-state index is 12.3. The number of fused-ring (bicyclic) bond motifs is 1. The fraction of sp³-hybridized carbons (Fsp3) is 0.467. The second-order valence-corrected chi connectivity index (χ2v) is 5.40. The lowest BCUT2D eigenvalue weighted by molar-refractivity contribution is -0.130. The summed E-state index contributed by atoms with van der Waals surface area (Å²) in [5.74, 6) is -0.00370. The first-order chi connectivity index (χ1) is 9.66. The summed E-state index contributed by atoms with van der Waals surface area (Å²) in [7, 11) is 0. The van der Waals surface area contributed by atoms with Gasteiger partial charge in [-0.05, 0) is 31.9 Å². The second-order valence-electron chi connectivity index (χ2n) is 5.40. The van der Waals surface area contributed by atoms with Gasteiger partial charge in [-0.25, -0.2) is 0 Å². The molecular formula is C15H19N3O2. The van der Waals surface area contributed by atoms with Gasteiger partial charge in [0.15, 0.2) is 0 Å². The SMILES string of the molecule is CC1Nc2ccccc2N(CC(=O)N2CCCC2)C1=O. The average Bonchev–Trinajstić information content (AvgIpc) is 2.98. The Bertz CT molecular complexity index is 538. The van der Waals surface area contributed by atoms with Gasteiger partial charge in [-0.15, -0.1) is 0 Å². The van der Waals surface area contributed by atoms with Crippen molar-refractivity contribution in [2.45, 2.75) is 25.8 Å². The van der Waals surface area contributed by atoms with Gasteiger partial charge in [-0.1, -0.05) is 12.1 Å². The van der Waals surface area contributed by atoms with Crippen LogP contribution < -0.4 is 10.2 Å². The predicted octanol–water partition coefficient (Wildman–Crippen LogP) is 1.46. The number of anilines is 2. The minimum atomic E-state index is -0.295. The van der Waals surface area contributed by atoms with Crippen molar-refractivity contribution in [2.24, 2.45) is 0 Å². The van der Waals surface area contributed by atoms with Crippen molar-refractivity contribution in [3.8, 4) is 0 Å². The normalized spacial score (nSPS) is 21.6. The fourth-order valence-electron chi connectivity index (χ4n) is 2.84. The van der Waals surface area contributed by atoms with E-state index in [-0.39, 0.29) is 24.4 Å². The standard InChI is InChI=1S/C15H19N3O2/c1-11-15(20)18(10-14(19)17-8-4-5-9-17)13-7-3-2-6-12(13)16-11/h2-3,6-7,11,16H,4-5,8-10H2,1H3. The Morgan fingerprint density at radius 1 is 1.30 bits per heavy atom. The van der Waals surface area contributed by atoms with Crippen molar-refractivity contribution in [1.29, 1.82) is 0 Å². The van der Waals surface area contributed by atoms with E-state index in [1.165, 1.54) is 0 Å². The van der Waals surface area contributed by atoms with Crippen LogP contribution in [0, 0.1) is 0 Å². The molecule has 0 bridgehead atoms. The minimum Gasteiger partial charge on any atom is -0.372 e. The molecule has 106 valence electrons. The Morgan fingerprint density at radius 2 is 2.00 bits per heavy atom. The van der Waals surface area contributed by atoms with Crippen LogP contribution in [0.5, 0.6) is 0 Å². The van der Waals surface area contributed by atoms with Crippen molar-refractivity contribution in [2.75, 3.05) is 29.9 Å². The molecule has 1 fully saturated rings. The smallest absolute Gasteiger partial charge is 0.249 e. The lowest BCUT2D eigenvalue weighted by atomic mass is 10.1. The number of para-hydroxylation sites is 2. The molecule has 2 aliphatic rings. The summed E-state index contributed by atoms with van der Waals surface area (Å²) in [4.78, 5) is 28.1. The van der Waals surface area contributed by atoms with E-state index in [2.05, 4.69) is 5.32 Å². The highest BCUT2D eigenvalue weighted by molar-refractivity contribution is 6.07. The van der Waals surface area contributed by atoms with Gasteiger partial charge in [0.1, 0.15) is 12.6 Å². The Balaban J connectivity index is 1.83. The second kappa shape index (κ2) is 5.15. The number of carbonyl (C=O) groups excluding carboxylic acids is 2. The van der Waals surface area contributed by atoms with E-state index in [1.54, 1.807) is 4.90 Å². The van der Waals surface area contributed by atoms with Gasteiger partial charge in [0.2, 0.25) is 11.8 Å². The molecule has 2 heterocycles. The van der Waals surface area contributed by atoms with Gasteiger partial charge in [0.25, 0.3) is 0 Å². The molecule has 0 spiro atoms. The lowest BCUT2D eigenvalue weighted by Crippen LogP contribution is -2.50. The third-order valence-corrected chi connectivity index (χ3v) is 3.96. The fourth-order valence-corrected chi connectivity index (χ4v) is 2.84. The molecule has 1 atom stereocenters. The van der Waals surface area contributed by atoms with Gasteiger partial charge in [0.05, 0.1) is 11.4 Å². The molecule has 1 aromatic rings. The van der Waals surface area contributed by atoms with Gasteiger partial charge in [-0.3, -0.25) is 14.5 Å². The van der Waals surface area contributed by atoms with Crippen LogP contribution in [-0.2, 0) is 9.59 Å². The molecule has 0 saturated carbocycles. The lowest BCUT2D eigenvalue weighted by Gasteiger charge is -2.34. The summed E-state index contributed by atoms with van der Waals surface area (Å²) in [5.41, 5.74) is 1.71. The first-order valence-corrected chi connectivity index (χ1v) is 7.11. The molecule has 20 heavy (non-hydrogen) atoms. The van der Waals surface area contributed by atoms with E-state index in [0.29, 0.717) is 0 Å². The van der Waals surface area contributed by atoms with Crippen LogP contribution in [0.15, 0.2) is 24.3 Å². The Hall–Kier alpha value is -2.04. The molecule has 2 amide bonds. The average molecular weight is 273 g/mol. The number of amides is 2. The van der Waals surface area contributed by atoms with E-state index in [4.69, 9.17) is 0 Å². The van der Waals surface area contributed by atoms with E-state index in [1.807, 2.05) is 36.1 Å². The van der Waals surface area contributed by atoms with Crippen molar-refractivity contribution >= 4 is 23.2 Å². The van der Waals surface area contributed by atoms with Crippen molar-refractivity contribution in [1.82, 2.24) is 4.90 Å². The van der Waals surface area contributed by atoms with Crippen molar-refractivity contribution in [3.05, 3.63) is 24.3 Å². The summed E-state index contributed by atoms with van der Waals surface area (Å²) in [6.07, 6.45) is 2.13. The molecule has 5 nitrogen and oxygen atoms in total. The van der Waals surface area contributed by atoms with Gasteiger partial charge >= 0.3 is 0 Å². The zero-order chi connectivity index (χ0) is 14.1. The molecule has 1 saturated heterocycles.